The Balaban J connectivity index is 3.38. The zero-order valence-electron chi connectivity index (χ0n) is 6.97. The van der Waals surface area contributed by atoms with Gasteiger partial charge in [-0.2, -0.15) is 0 Å². The van der Waals surface area contributed by atoms with Crippen LogP contribution in [0.2, 0.25) is 0 Å². The van der Waals surface area contributed by atoms with Gasteiger partial charge in [0.05, 0.1) is 5.56 Å². The van der Waals surface area contributed by atoms with Gasteiger partial charge in [-0.05, 0) is 30.2 Å². The number of carboxylic acid groups (broad SMARTS) is 1. The molecular formula is C9H8BrFO2. The van der Waals surface area contributed by atoms with E-state index in [9.17, 15) is 9.18 Å². The van der Waals surface area contributed by atoms with Crippen molar-refractivity contribution in [1.82, 2.24) is 0 Å². The van der Waals surface area contributed by atoms with E-state index < -0.39 is 11.8 Å². The Bertz CT molecular complexity index is 350. The highest BCUT2D eigenvalue weighted by molar-refractivity contribution is 9.08. The van der Waals surface area contributed by atoms with Gasteiger partial charge in [0.2, 0.25) is 0 Å². The third-order valence-corrected chi connectivity index (χ3v) is 2.34. The Labute approximate surface area is 83.5 Å². The Morgan fingerprint density at radius 3 is 2.69 bits per heavy atom. The van der Waals surface area contributed by atoms with Gasteiger partial charge >= 0.3 is 5.97 Å². The minimum Gasteiger partial charge on any atom is -0.478 e. The van der Waals surface area contributed by atoms with Gasteiger partial charge in [-0.1, -0.05) is 15.9 Å². The summed E-state index contributed by atoms with van der Waals surface area (Å²) in [5.74, 6) is -1.43. The molecule has 2 nitrogen and oxygen atoms in total. The molecule has 0 bridgehead atoms. The van der Waals surface area contributed by atoms with Crippen LogP contribution in [0.5, 0.6) is 0 Å². The first-order chi connectivity index (χ1) is 6.06. The van der Waals surface area contributed by atoms with E-state index in [1.54, 1.807) is 6.92 Å². The Morgan fingerprint density at radius 1 is 1.62 bits per heavy atom. The molecule has 0 heterocycles. The van der Waals surface area contributed by atoms with E-state index in [0.29, 0.717) is 16.5 Å². The summed E-state index contributed by atoms with van der Waals surface area (Å²) in [5, 5.41) is 9.17. The largest absolute Gasteiger partial charge is 0.478 e. The van der Waals surface area contributed by atoms with Crippen molar-refractivity contribution >= 4 is 21.9 Å². The zero-order chi connectivity index (χ0) is 10.0. The molecular weight excluding hydrogens is 239 g/mol. The fraction of sp³-hybridized carbons (Fsp3) is 0.222. The molecule has 0 atom stereocenters. The molecule has 1 N–H and O–H groups in total. The lowest BCUT2D eigenvalue weighted by molar-refractivity contribution is 0.0695. The van der Waals surface area contributed by atoms with Gasteiger partial charge in [-0.25, -0.2) is 9.18 Å². The van der Waals surface area contributed by atoms with E-state index in [2.05, 4.69) is 15.9 Å². The summed E-state index contributed by atoms with van der Waals surface area (Å²) in [4.78, 5) is 10.8. The first kappa shape index (κ1) is 10.2. The fourth-order valence-corrected chi connectivity index (χ4v) is 1.67. The van der Waals surface area contributed by atoms with Crippen LogP contribution in [0.1, 0.15) is 21.5 Å². The molecule has 0 amide bonds. The third-order valence-electron chi connectivity index (χ3n) is 1.74. The molecule has 0 radical (unpaired) electrons. The maximum atomic E-state index is 12.8. The van der Waals surface area contributed by atoms with Gasteiger partial charge in [0, 0.05) is 5.33 Å². The highest BCUT2D eigenvalue weighted by Gasteiger charge is 2.13. The van der Waals surface area contributed by atoms with E-state index in [-0.39, 0.29) is 5.56 Å². The van der Waals surface area contributed by atoms with Crippen LogP contribution in [0.25, 0.3) is 0 Å². The molecule has 0 aliphatic carbocycles. The molecule has 0 fully saturated rings. The molecule has 13 heavy (non-hydrogen) atoms. The maximum Gasteiger partial charge on any atom is 0.336 e. The molecule has 1 rings (SSSR count). The summed E-state index contributed by atoms with van der Waals surface area (Å²) in [5.41, 5.74) is 1.09. The van der Waals surface area contributed by atoms with Crippen molar-refractivity contribution in [3.63, 3.8) is 0 Å². The van der Waals surface area contributed by atoms with Crippen molar-refractivity contribution in [2.24, 2.45) is 0 Å². The number of aromatic carboxylic acids is 1. The molecule has 0 unspecified atom stereocenters. The second kappa shape index (κ2) is 3.87. The number of carbonyl (C=O) groups is 1. The van der Waals surface area contributed by atoms with Crippen molar-refractivity contribution in [2.75, 3.05) is 0 Å². The van der Waals surface area contributed by atoms with Crippen LogP contribution in [0.4, 0.5) is 4.39 Å². The number of aryl methyl sites for hydroxylation is 1. The van der Waals surface area contributed by atoms with Crippen LogP contribution in [0, 0.1) is 12.7 Å². The lowest BCUT2D eigenvalue weighted by Gasteiger charge is -2.06. The van der Waals surface area contributed by atoms with Gasteiger partial charge in [0.25, 0.3) is 0 Å². The summed E-state index contributed by atoms with van der Waals surface area (Å²) in [6.07, 6.45) is 0. The third kappa shape index (κ3) is 2.06. The van der Waals surface area contributed by atoms with Gasteiger partial charge < -0.3 is 5.11 Å². The van der Waals surface area contributed by atoms with Crippen LogP contribution in [-0.4, -0.2) is 11.1 Å². The molecule has 0 aliphatic heterocycles. The second-order valence-electron chi connectivity index (χ2n) is 2.70. The van der Waals surface area contributed by atoms with Crippen molar-refractivity contribution in [3.05, 3.63) is 34.6 Å². The van der Waals surface area contributed by atoms with E-state index in [0.717, 1.165) is 0 Å². The predicted octanol–water partition coefficient (Wildman–Crippen LogP) is 2.73. The lowest BCUT2D eigenvalue weighted by Crippen LogP contribution is -2.04. The summed E-state index contributed by atoms with van der Waals surface area (Å²) < 4.78 is 12.8. The number of hydrogen-bond donors (Lipinski definition) is 1. The SMILES string of the molecule is Cc1cc(F)cc(CBr)c1C(=O)O. The van der Waals surface area contributed by atoms with Crippen LogP contribution >= 0.6 is 15.9 Å². The number of halogens is 2. The molecule has 4 heteroatoms. The van der Waals surface area contributed by atoms with Crippen molar-refractivity contribution < 1.29 is 14.3 Å². The summed E-state index contributed by atoms with van der Waals surface area (Å²) in [6, 6.07) is 2.45. The van der Waals surface area contributed by atoms with Crippen molar-refractivity contribution in [2.45, 2.75) is 12.3 Å². The second-order valence-corrected chi connectivity index (χ2v) is 3.26. The monoisotopic (exact) mass is 246 g/mol. The topological polar surface area (TPSA) is 37.3 Å². The van der Waals surface area contributed by atoms with Crippen LogP contribution in [0.3, 0.4) is 0 Å². The van der Waals surface area contributed by atoms with E-state index in [4.69, 9.17) is 5.11 Å². The van der Waals surface area contributed by atoms with E-state index in [1.165, 1.54) is 12.1 Å². The number of benzene rings is 1. The quantitative estimate of drug-likeness (QED) is 0.816. The van der Waals surface area contributed by atoms with Crippen LogP contribution in [-0.2, 0) is 5.33 Å². The standard InChI is InChI=1S/C9H8BrFO2/c1-5-2-7(11)3-6(4-10)8(5)9(12)13/h2-3H,4H2,1H3,(H,12,13). The van der Waals surface area contributed by atoms with Gasteiger partial charge in [0.1, 0.15) is 5.82 Å². The first-order valence-electron chi connectivity index (χ1n) is 3.64. The lowest BCUT2D eigenvalue weighted by atomic mass is 10.0. The van der Waals surface area contributed by atoms with Crippen molar-refractivity contribution in [1.29, 1.82) is 0 Å². The minimum atomic E-state index is -1.02. The summed E-state index contributed by atoms with van der Waals surface area (Å²) >= 11 is 3.11. The summed E-state index contributed by atoms with van der Waals surface area (Å²) in [6.45, 7) is 1.58. The molecule has 0 aromatic heterocycles. The number of rotatable bonds is 2. The number of alkyl halides is 1. The van der Waals surface area contributed by atoms with E-state index >= 15 is 0 Å². The highest BCUT2D eigenvalue weighted by atomic mass is 79.9. The van der Waals surface area contributed by atoms with Gasteiger partial charge in [-0.3, -0.25) is 0 Å². The number of carboxylic acids is 1. The summed E-state index contributed by atoms with van der Waals surface area (Å²) in [7, 11) is 0. The Morgan fingerprint density at radius 2 is 2.23 bits per heavy atom. The predicted molar refractivity (Wildman–Crippen MR) is 50.7 cm³/mol. The molecule has 0 spiro atoms. The first-order valence-corrected chi connectivity index (χ1v) is 4.76. The average molecular weight is 247 g/mol. The Hall–Kier alpha value is -0.900. The minimum absolute atomic E-state index is 0.179. The van der Waals surface area contributed by atoms with Crippen LogP contribution in [0.15, 0.2) is 12.1 Å². The normalized spacial score (nSPS) is 10.1. The molecule has 70 valence electrons. The van der Waals surface area contributed by atoms with E-state index in [1.807, 2.05) is 0 Å². The fourth-order valence-electron chi connectivity index (χ4n) is 1.22. The molecule has 1 aromatic rings. The Kier molecular flexibility index (Phi) is 3.03. The zero-order valence-corrected chi connectivity index (χ0v) is 8.56. The van der Waals surface area contributed by atoms with Gasteiger partial charge in [-0.15, -0.1) is 0 Å². The van der Waals surface area contributed by atoms with Crippen molar-refractivity contribution in [3.8, 4) is 0 Å². The molecule has 1 aromatic carbocycles. The molecule has 0 aliphatic rings. The van der Waals surface area contributed by atoms with Crippen LogP contribution < -0.4 is 0 Å². The molecule has 0 saturated carbocycles. The average Bonchev–Trinajstić information content (AvgIpc) is 2.01. The van der Waals surface area contributed by atoms with Gasteiger partial charge in [0.15, 0.2) is 0 Å². The molecule has 0 saturated heterocycles. The highest BCUT2D eigenvalue weighted by Crippen LogP contribution is 2.19. The smallest absolute Gasteiger partial charge is 0.336 e. The maximum absolute atomic E-state index is 12.8. The number of hydrogen-bond acceptors (Lipinski definition) is 1.